The molecule has 0 unspecified atom stereocenters. The van der Waals surface area contributed by atoms with E-state index in [1.54, 1.807) is 36.4 Å². The van der Waals surface area contributed by atoms with Gasteiger partial charge in [0.15, 0.2) is 5.58 Å². The first-order valence-electron chi connectivity index (χ1n) is 9.79. The van der Waals surface area contributed by atoms with Crippen LogP contribution in [0.2, 0.25) is 0 Å². The van der Waals surface area contributed by atoms with E-state index in [0.717, 1.165) is 11.1 Å². The molecule has 4 rings (SSSR count). The van der Waals surface area contributed by atoms with Gasteiger partial charge in [0.1, 0.15) is 11.3 Å². The van der Waals surface area contributed by atoms with Crippen molar-refractivity contribution in [2.75, 3.05) is 24.9 Å². The van der Waals surface area contributed by atoms with Crippen LogP contribution < -0.4 is 15.4 Å². The predicted molar refractivity (Wildman–Crippen MR) is 121 cm³/mol. The summed E-state index contributed by atoms with van der Waals surface area (Å²) < 4.78 is 16.0. The van der Waals surface area contributed by atoms with Gasteiger partial charge in [-0.2, -0.15) is 0 Å². The summed E-state index contributed by atoms with van der Waals surface area (Å²) >= 11 is 0. The van der Waals surface area contributed by atoms with Crippen molar-refractivity contribution in [3.63, 3.8) is 0 Å². The number of hydrogen-bond acceptors (Lipinski definition) is 6. The van der Waals surface area contributed by atoms with Crippen LogP contribution in [-0.2, 0) is 4.74 Å². The van der Waals surface area contributed by atoms with E-state index >= 15 is 0 Å². The average molecular weight is 431 g/mol. The largest absolute Gasteiger partial charge is 0.495 e. The van der Waals surface area contributed by atoms with Crippen molar-refractivity contribution in [2.24, 2.45) is 0 Å². The number of aryl methyl sites for hydroxylation is 1. The second-order valence-electron chi connectivity index (χ2n) is 7.02. The third kappa shape index (κ3) is 4.24. The van der Waals surface area contributed by atoms with E-state index < -0.39 is 12.0 Å². The molecule has 0 aliphatic heterocycles. The summed E-state index contributed by atoms with van der Waals surface area (Å²) in [5, 5.41) is 5.46. The zero-order chi connectivity index (χ0) is 22.7. The number of aromatic nitrogens is 1. The van der Waals surface area contributed by atoms with Crippen LogP contribution in [-0.4, -0.2) is 31.2 Å². The number of para-hydroxylation sites is 2. The molecule has 1 aromatic heterocycles. The summed E-state index contributed by atoms with van der Waals surface area (Å²) in [6.07, 6.45) is 0. The van der Waals surface area contributed by atoms with Crippen molar-refractivity contribution in [1.82, 2.24) is 4.98 Å². The number of nitrogens with one attached hydrogen (secondary N) is 2. The number of urea groups is 1. The molecule has 0 aliphatic rings. The van der Waals surface area contributed by atoms with Crippen LogP contribution >= 0.6 is 0 Å². The highest BCUT2D eigenvalue weighted by Crippen LogP contribution is 2.32. The molecule has 0 aliphatic carbocycles. The van der Waals surface area contributed by atoms with Gasteiger partial charge in [-0.1, -0.05) is 18.2 Å². The number of anilines is 2. The van der Waals surface area contributed by atoms with Crippen LogP contribution in [0.3, 0.4) is 0 Å². The number of ether oxygens (including phenoxy) is 2. The second kappa shape index (κ2) is 8.81. The van der Waals surface area contributed by atoms with Crippen LogP contribution in [0.25, 0.3) is 22.6 Å². The second-order valence-corrected chi connectivity index (χ2v) is 7.02. The van der Waals surface area contributed by atoms with E-state index in [1.165, 1.54) is 14.2 Å². The lowest BCUT2D eigenvalue weighted by atomic mass is 10.1. The van der Waals surface area contributed by atoms with E-state index in [2.05, 4.69) is 15.6 Å². The number of methoxy groups -OCH3 is 2. The Morgan fingerprint density at radius 2 is 1.72 bits per heavy atom. The van der Waals surface area contributed by atoms with Crippen LogP contribution in [0.1, 0.15) is 15.9 Å². The quantitative estimate of drug-likeness (QED) is 0.419. The third-order valence-corrected chi connectivity index (χ3v) is 4.82. The van der Waals surface area contributed by atoms with Crippen LogP contribution in [0.15, 0.2) is 65.1 Å². The Labute approximate surface area is 184 Å². The van der Waals surface area contributed by atoms with E-state index in [9.17, 15) is 9.59 Å². The topological polar surface area (TPSA) is 103 Å². The summed E-state index contributed by atoms with van der Waals surface area (Å²) in [5.41, 5.74) is 3.95. The van der Waals surface area contributed by atoms with E-state index in [4.69, 9.17) is 13.9 Å². The molecule has 0 fully saturated rings. The minimum atomic E-state index is -0.547. The maximum Gasteiger partial charge on any atom is 0.339 e. The Morgan fingerprint density at radius 1 is 0.938 bits per heavy atom. The lowest BCUT2D eigenvalue weighted by Crippen LogP contribution is -2.21. The molecule has 4 aromatic rings. The maximum atomic E-state index is 12.7. The summed E-state index contributed by atoms with van der Waals surface area (Å²) in [4.78, 5) is 29.3. The molecule has 0 spiro atoms. The number of benzene rings is 3. The lowest BCUT2D eigenvalue weighted by Gasteiger charge is -2.14. The van der Waals surface area contributed by atoms with Gasteiger partial charge in [-0.3, -0.25) is 0 Å². The third-order valence-electron chi connectivity index (χ3n) is 4.82. The molecule has 3 aromatic carbocycles. The number of carbonyl (C=O) groups excluding carboxylic acids is 2. The van der Waals surface area contributed by atoms with Gasteiger partial charge in [0.25, 0.3) is 0 Å². The first kappa shape index (κ1) is 20.9. The Kier molecular flexibility index (Phi) is 5.76. The van der Waals surface area contributed by atoms with Crippen molar-refractivity contribution in [1.29, 1.82) is 0 Å². The maximum absolute atomic E-state index is 12.7. The first-order valence-corrected chi connectivity index (χ1v) is 9.79. The lowest BCUT2D eigenvalue weighted by molar-refractivity contribution is 0.0602. The Bertz CT molecular complexity index is 1280. The van der Waals surface area contributed by atoms with Gasteiger partial charge < -0.3 is 24.5 Å². The summed E-state index contributed by atoms with van der Waals surface area (Å²) in [6, 6.07) is 17.2. The summed E-state index contributed by atoms with van der Waals surface area (Å²) in [7, 11) is 2.79. The first-order chi connectivity index (χ1) is 15.5. The fourth-order valence-corrected chi connectivity index (χ4v) is 3.26. The van der Waals surface area contributed by atoms with E-state index in [1.807, 2.05) is 31.2 Å². The van der Waals surface area contributed by atoms with Crippen LogP contribution in [0.4, 0.5) is 16.2 Å². The highest BCUT2D eigenvalue weighted by atomic mass is 16.5. The van der Waals surface area contributed by atoms with Crippen molar-refractivity contribution in [3.05, 3.63) is 71.8 Å². The standard InChI is InChI=1S/C24H21N3O5/c1-14-8-10-16(23(28)31-3)18(12-14)26-24(29)27-19-13-15(9-11-20(19)30-2)22-25-17-6-4-5-7-21(17)32-22/h4-13H,1-3H3,(H2,26,27,29). The van der Waals surface area contributed by atoms with Gasteiger partial charge in [0.2, 0.25) is 5.89 Å². The minimum absolute atomic E-state index is 0.250. The molecule has 32 heavy (non-hydrogen) atoms. The van der Waals surface area contributed by atoms with Crippen molar-refractivity contribution in [2.45, 2.75) is 6.92 Å². The number of carbonyl (C=O) groups is 2. The number of esters is 1. The summed E-state index contributed by atoms with van der Waals surface area (Å²) in [6.45, 7) is 1.86. The van der Waals surface area contributed by atoms with Crippen molar-refractivity contribution < 1.29 is 23.5 Å². The van der Waals surface area contributed by atoms with Crippen LogP contribution in [0.5, 0.6) is 5.75 Å². The molecule has 0 saturated carbocycles. The Hall–Kier alpha value is -4.33. The van der Waals surface area contributed by atoms with Crippen molar-refractivity contribution >= 4 is 34.5 Å². The minimum Gasteiger partial charge on any atom is -0.495 e. The molecular formula is C24H21N3O5. The fourth-order valence-electron chi connectivity index (χ4n) is 3.26. The van der Waals surface area contributed by atoms with Gasteiger partial charge in [-0.25, -0.2) is 14.6 Å². The highest BCUT2D eigenvalue weighted by molar-refractivity contribution is 6.05. The molecule has 1 heterocycles. The van der Waals surface area contributed by atoms with Gasteiger partial charge in [-0.15, -0.1) is 0 Å². The van der Waals surface area contributed by atoms with Gasteiger partial charge in [0.05, 0.1) is 31.2 Å². The van der Waals surface area contributed by atoms with Gasteiger partial charge >= 0.3 is 12.0 Å². The Balaban J connectivity index is 1.61. The highest BCUT2D eigenvalue weighted by Gasteiger charge is 2.17. The molecule has 2 N–H and O–H groups in total. The molecule has 0 saturated heterocycles. The van der Waals surface area contributed by atoms with Gasteiger partial charge in [-0.05, 0) is 55.0 Å². The molecule has 0 radical (unpaired) electrons. The molecule has 0 atom stereocenters. The smallest absolute Gasteiger partial charge is 0.339 e. The number of hydrogen-bond donors (Lipinski definition) is 2. The molecule has 2 amide bonds. The molecule has 162 valence electrons. The molecule has 0 bridgehead atoms. The predicted octanol–water partition coefficient (Wildman–Crippen LogP) is 5.24. The van der Waals surface area contributed by atoms with Crippen molar-refractivity contribution in [3.8, 4) is 17.2 Å². The number of oxazole rings is 1. The molecular weight excluding hydrogens is 410 g/mol. The monoisotopic (exact) mass is 431 g/mol. The number of amides is 2. The number of nitrogens with zero attached hydrogens (tertiary/aromatic N) is 1. The number of rotatable bonds is 5. The molecule has 8 nitrogen and oxygen atoms in total. The van der Waals surface area contributed by atoms with E-state index in [0.29, 0.717) is 34.2 Å². The zero-order valence-electron chi connectivity index (χ0n) is 17.8. The Morgan fingerprint density at radius 3 is 2.47 bits per heavy atom. The SMILES string of the molecule is COC(=O)c1ccc(C)cc1NC(=O)Nc1cc(-c2nc3ccccc3o2)ccc1OC. The summed E-state index contributed by atoms with van der Waals surface area (Å²) in [5.74, 6) is 0.331. The van der Waals surface area contributed by atoms with Gasteiger partial charge in [0, 0.05) is 5.56 Å². The molecule has 8 heteroatoms. The zero-order valence-corrected chi connectivity index (χ0v) is 17.8. The van der Waals surface area contributed by atoms with E-state index in [-0.39, 0.29) is 5.56 Å². The average Bonchev–Trinajstić information content (AvgIpc) is 3.23. The van der Waals surface area contributed by atoms with Crippen LogP contribution in [0, 0.1) is 6.92 Å². The fraction of sp³-hybridized carbons (Fsp3) is 0.125. The normalized spacial score (nSPS) is 10.6. The number of fused-ring (bicyclic) bond motifs is 1.